The summed E-state index contributed by atoms with van der Waals surface area (Å²) in [6.07, 6.45) is 1.07. The second kappa shape index (κ2) is 8.22. The molecule has 23 heavy (non-hydrogen) atoms. The minimum Gasteiger partial charge on any atom is -0.493 e. The number of carbonyl (C=O) groups is 1. The quantitative estimate of drug-likeness (QED) is 0.818. The number of benzene rings is 2. The number of ether oxygens (including phenoxy) is 2. The van der Waals surface area contributed by atoms with Crippen LogP contribution in [0.4, 0.5) is 5.69 Å². The number of hydrogen-bond acceptors (Lipinski definition) is 3. The lowest BCUT2D eigenvalue weighted by Gasteiger charge is -2.14. The summed E-state index contributed by atoms with van der Waals surface area (Å²) >= 11 is 0. The Balaban J connectivity index is 2.13. The third-order valence-corrected chi connectivity index (χ3v) is 3.44. The number of nitrogens with one attached hydrogen (secondary N) is 1. The maximum atomic E-state index is 12.5. The maximum absolute atomic E-state index is 12.5. The van der Waals surface area contributed by atoms with Crippen molar-refractivity contribution in [3.63, 3.8) is 0 Å². The molecule has 1 unspecified atom stereocenters. The van der Waals surface area contributed by atoms with Crippen molar-refractivity contribution in [1.82, 2.24) is 0 Å². The summed E-state index contributed by atoms with van der Waals surface area (Å²) in [4.78, 5) is 12.5. The molecular formula is C19H23NO3. The lowest BCUT2D eigenvalue weighted by Crippen LogP contribution is -2.14. The van der Waals surface area contributed by atoms with Crippen LogP contribution in [0.15, 0.2) is 48.5 Å². The van der Waals surface area contributed by atoms with E-state index in [1.165, 1.54) is 0 Å². The molecule has 4 nitrogen and oxygen atoms in total. The van der Waals surface area contributed by atoms with Crippen molar-refractivity contribution in [3.05, 3.63) is 54.1 Å². The van der Waals surface area contributed by atoms with Gasteiger partial charge in [-0.3, -0.25) is 4.79 Å². The highest BCUT2D eigenvalue weighted by molar-refractivity contribution is 6.06. The molecule has 0 fully saturated rings. The van der Waals surface area contributed by atoms with E-state index >= 15 is 0 Å². The van der Waals surface area contributed by atoms with Crippen LogP contribution in [0.25, 0.3) is 0 Å². The van der Waals surface area contributed by atoms with Gasteiger partial charge in [0.25, 0.3) is 5.91 Å². The summed E-state index contributed by atoms with van der Waals surface area (Å²) < 4.78 is 11.3. The van der Waals surface area contributed by atoms with Gasteiger partial charge < -0.3 is 14.8 Å². The van der Waals surface area contributed by atoms with E-state index in [1.807, 2.05) is 50.2 Å². The van der Waals surface area contributed by atoms with Crippen molar-refractivity contribution in [2.45, 2.75) is 33.3 Å². The maximum Gasteiger partial charge on any atom is 0.259 e. The average Bonchev–Trinajstić information content (AvgIpc) is 2.56. The van der Waals surface area contributed by atoms with Gasteiger partial charge >= 0.3 is 0 Å². The number of rotatable bonds is 7. The van der Waals surface area contributed by atoms with Gasteiger partial charge in [0.15, 0.2) is 0 Å². The van der Waals surface area contributed by atoms with Gasteiger partial charge in [0.05, 0.1) is 18.3 Å². The Labute approximate surface area is 137 Å². The number of carbonyl (C=O) groups excluding carboxylic acids is 1. The third-order valence-electron chi connectivity index (χ3n) is 3.44. The largest absolute Gasteiger partial charge is 0.493 e. The van der Waals surface area contributed by atoms with Gasteiger partial charge in [-0.25, -0.2) is 0 Å². The van der Waals surface area contributed by atoms with Gasteiger partial charge in [0, 0.05) is 11.8 Å². The Hall–Kier alpha value is -2.49. The minimum absolute atomic E-state index is 0.139. The van der Waals surface area contributed by atoms with E-state index in [9.17, 15) is 4.79 Å². The molecule has 0 heterocycles. The van der Waals surface area contributed by atoms with E-state index in [4.69, 9.17) is 9.47 Å². The predicted molar refractivity (Wildman–Crippen MR) is 92.4 cm³/mol. The summed E-state index contributed by atoms with van der Waals surface area (Å²) in [5.74, 6) is 1.13. The van der Waals surface area contributed by atoms with Crippen LogP contribution < -0.4 is 14.8 Å². The predicted octanol–water partition coefficient (Wildman–Crippen LogP) is 4.51. The van der Waals surface area contributed by atoms with E-state index in [0.29, 0.717) is 23.6 Å². The Morgan fingerprint density at radius 2 is 1.91 bits per heavy atom. The van der Waals surface area contributed by atoms with Crippen molar-refractivity contribution in [3.8, 4) is 11.5 Å². The first-order chi connectivity index (χ1) is 11.1. The van der Waals surface area contributed by atoms with E-state index in [2.05, 4.69) is 12.2 Å². The van der Waals surface area contributed by atoms with Crippen LogP contribution in [0.3, 0.4) is 0 Å². The van der Waals surface area contributed by atoms with Crippen LogP contribution in [0, 0.1) is 0 Å². The van der Waals surface area contributed by atoms with E-state index < -0.39 is 0 Å². The van der Waals surface area contributed by atoms with Gasteiger partial charge in [-0.2, -0.15) is 0 Å². The normalized spacial score (nSPS) is 11.6. The van der Waals surface area contributed by atoms with Crippen molar-refractivity contribution >= 4 is 11.6 Å². The van der Waals surface area contributed by atoms with Crippen molar-refractivity contribution in [2.75, 3.05) is 11.9 Å². The monoisotopic (exact) mass is 313 g/mol. The zero-order valence-electron chi connectivity index (χ0n) is 13.8. The fraction of sp³-hybridized carbons (Fsp3) is 0.316. The van der Waals surface area contributed by atoms with Gasteiger partial charge in [-0.15, -0.1) is 0 Å². The Morgan fingerprint density at radius 1 is 1.13 bits per heavy atom. The van der Waals surface area contributed by atoms with Crippen molar-refractivity contribution in [1.29, 1.82) is 0 Å². The molecule has 0 saturated heterocycles. The molecule has 2 rings (SSSR count). The van der Waals surface area contributed by atoms with E-state index in [-0.39, 0.29) is 12.0 Å². The first-order valence-corrected chi connectivity index (χ1v) is 7.94. The van der Waals surface area contributed by atoms with Crippen LogP contribution in [-0.2, 0) is 0 Å². The molecule has 4 heteroatoms. The average molecular weight is 313 g/mol. The van der Waals surface area contributed by atoms with Gasteiger partial charge in [-0.05, 0) is 44.5 Å². The smallest absolute Gasteiger partial charge is 0.259 e. The highest BCUT2D eigenvalue weighted by Crippen LogP contribution is 2.22. The molecule has 1 atom stereocenters. The van der Waals surface area contributed by atoms with Crippen LogP contribution in [0.1, 0.15) is 37.6 Å². The molecule has 0 bridgehead atoms. The molecule has 1 N–H and O–H groups in total. The number of para-hydroxylation sites is 1. The second-order valence-corrected chi connectivity index (χ2v) is 5.25. The zero-order chi connectivity index (χ0) is 16.7. The summed E-state index contributed by atoms with van der Waals surface area (Å²) in [6.45, 7) is 6.50. The Morgan fingerprint density at radius 3 is 2.65 bits per heavy atom. The number of anilines is 1. The topological polar surface area (TPSA) is 47.6 Å². The molecule has 1 amide bonds. The minimum atomic E-state index is -0.199. The molecule has 0 aliphatic heterocycles. The molecule has 0 aliphatic carbocycles. The number of amides is 1. The van der Waals surface area contributed by atoms with Crippen LogP contribution in [-0.4, -0.2) is 18.6 Å². The van der Waals surface area contributed by atoms with E-state index in [0.717, 1.165) is 12.2 Å². The molecule has 2 aromatic carbocycles. The molecule has 2 aromatic rings. The molecule has 0 aromatic heterocycles. The molecule has 0 aliphatic rings. The summed E-state index contributed by atoms with van der Waals surface area (Å²) in [6, 6.07) is 14.6. The van der Waals surface area contributed by atoms with Gasteiger partial charge in [-0.1, -0.05) is 25.1 Å². The summed E-state index contributed by atoms with van der Waals surface area (Å²) in [5.41, 5.74) is 1.21. The fourth-order valence-corrected chi connectivity index (χ4v) is 2.10. The molecule has 0 saturated carbocycles. The number of hydrogen-bond donors (Lipinski definition) is 1. The first-order valence-electron chi connectivity index (χ1n) is 7.94. The Kier molecular flexibility index (Phi) is 6.03. The second-order valence-electron chi connectivity index (χ2n) is 5.25. The lowest BCUT2D eigenvalue weighted by molar-refractivity contribution is 0.102. The van der Waals surface area contributed by atoms with Crippen LogP contribution >= 0.6 is 0 Å². The van der Waals surface area contributed by atoms with Gasteiger partial charge in [0.2, 0.25) is 0 Å². The highest BCUT2D eigenvalue weighted by atomic mass is 16.5. The third kappa shape index (κ3) is 4.74. The Bertz CT molecular complexity index is 655. The molecule has 122 valence electrons. The van der Waals surface area contributed by atoms with Crippen molar-refractivity contribution in [2.24, 2.45) is 0 Å². The molecule has 0 spiro atoms. The van der Waals surface area contributed by atoms with Gasteiger partial charge in [0.1, 0.15) is 11.5 Å². The standard InChI is InChI=1S/C19H23NO3/c1-4-14(3)23-16-10-8-9-15(13-16)20-19(21)17-11-6-7-12-18(17)22-5-2/h6-14H,4-5H2,1-3H3,(H,20,21). The van der Waals surface area contributed by atoms with Crippen molar-refractivity contribution < 1.29 is 14.3 Å². The lowest BCUT2D eigenvalue weighted by atomic mass is 10.2. The summed E-state index contributed by atoms with van der Waals surface area (Å²) in [5, 5.41) is 2.89. The SMILES string of the molecule is CCOc1ccccc1C(=O)Nc1cccc(OC(C)CC)c1. The summed E-state index contributed by atoms with van der Waals surface area (Å²) in [7, 11) is 0. The molecule has 0 radical (unpaired) electrons. The van der Waals surface area contributed by atoms with E-state index in [1.54, 1.807) is 12.1 Å². The van der Waals surface area contributed by atoms with Crippen LogP contribution in [0.5, 0.6) is 11.5 Å². The zero-order valence-corrected chi connectivity index (χ0v) is 13.8. The van der Waals surface area contributed by atoms with Crippen LogP contribution in [0.2, 0.25) is 0 Å². The highest BCUT2D eigenvalue weighted by Gasteiger charge is 2.12. The fourth-order valence-electron chi connectivity index (χ4n) is 2.10. The molecular weight excluding hydrogens is 290 g/mol. The first kappa shape index (κ1) is 16.9.